The minimum atomic E-state index is -0.721. The van der Waals surface area contributed by atoms with Crippen LogP contribution in [-0.4, -0.2) is 29.4 Å². The average Bonchev–Trinajstić information content (AvgIpc) is 3.11. The zero-order valence-corrected chi connectivity index (χ0v) is 16.2. The van der Waals surface area contributed by atoms with Crippen molar-refractivity contribution in [2.24, 2.45) is 14.1 Å². The van der Waals surface area contributed by atoms with Crippen LogP contribution >= 0.6 is 0 Å². The fraction of sp³-hybridized carbons (Fsp3) is 0.238. The summed E-state index contributed by atoms with van der Waals surface area (Å²) in [5, 5.41) is 14.8. The lowest BCUT2D eigenvalue weighted by Gasteiger charge is -2.14. The average molecular weight is 375 g/mol. The molecule has 0 aliphatic carbocycles. The van der Waals surface area contributed by atoms with Crippen LogP contribution in [0.4, 0.5) is 0 Å². The highest BCUT2D eigenvalue weighted by Gasteiger charge is 2.16. The quantitative estimate of drug-likeness (QED) is 0.595. The topological polar surface area (TPSA) is 85.8 Å². The minimum absolute atomic E-state index is 0.151. The molecule has 0 aliphatic rings. The number of nitrogens with zero attached hydrogens (tertiary/aromatic N) is 5. The van der Waals surface area contributed by atoms with Crippen molar-refractivity contribution in [2.45, 2.75) is 20.0 Å². The summed E-state index contributed by atoms with van der Waals surface area (Å²) in [6.45, 7) is 3.58. The van der Waals surface area contributed by atoms with Gasteiger partial charge in [-0.15, -0.1) is 0 Å². The molecule has 1 unspecified atom stereocenters. The summed E-state index contributed by atoms with van der Waals surface area (Å²) < 4.78 is 3.24. The maximum absolute atomic E-state index is 13.0. The van der Waals surface area contributed by atoms with Crippen LogP contribution in [0.15, 0.2) is 47.7 Å². The molecule has 0 radical (unpaired) electrons. The normalized spacial score (nSPS) is 12.5. The van der Waals surface area contributed by atoms with E-state index in [1.165, 1.54) is 4.57 Å². The molecular weight excluding hydrogens is 354 g/mol. The number of aliphatic hydroxyl groups is 1. The largest absolute Gasteiger partial charge is 0.389 e. The zero-order valence-electron chi connectivity index (χ0n) is 16.2. The second-order valence-electron chi connectivity index (χ2n) is 7.06. The Bertz CT molecular complexity index is 1240. The number of aliphatic hydroxyl groups excluding tert-OH is 1. The lowest BCUT2D eigenvalue weighted by atomic mass is 10.0. The number of pyridine rings is 1. The molecule has 0 aliphatic heterocycles. The van der Waals surface area contributed by atoms with Gasteiger partial charge in [-0.3, -0.25) is 19.0 Å². The Labute approximate surface area is 161 Å². The highest BCUT2D eigenvalue weighted by Crippen LogP contribution is 2.26. The van der Waals surface area contributed by atoms with Gasteiger partial charge in [-0.05, 0) is 37.6 Å². The molecule has 7 heteroatoms. The molecule has 0 fully saturated rings. The number of aryl methyl sites for hydroxylation is 2. The summed E-state index contributed by atoms with van der Waals surface area (Å²) in [4.78, 5) is 22.2. The van der Waals surface area contributed by atoms with Crippen LogP contribution in [0.3, 0.4) is 0 Å². The molecule has 0 saturated carbocycles. The SMILES string of the molecule is Cc1cc(C(C)O)c2nc(-c3ccc(-c4cnn(C)c4)nc3)n(C)c(=O)c2c1. The smallest absolute Gasteiger partial charge is 0.261 e. The van der Waals surface area contributed by atoms with Gasteiger partial charge in [0.1, 0.15) is 5.82 Å². The van der Waals surface area contributed by atoms with Gasteiger partial charge in [0.05, 0.1) is 28.9 Å². The maximum Gasteiger partial charge on any atom is 0.261 e. The molecule has 0 amide bonds. The lowest BCUT2D eigenvalue weighted by Crippen LogP contribution is -2.21. The molecule has 1 aromatic carbocycles. The van der Waals surface area contributed by atoms with Crippen molar-refractivity contribution in [3.8, 4) is 22.6 Å². The highest BCUT2D eigenvalue weighted by molar-refractivity contribution is 5.84. The minimum Gasteiger partial charge on any atom is -0.389 e. The summed E-state index contributed by atoms with van der Waals surface area (Å²) in [6, 6.07) is 7.45. The summed E-state index contributed by atoms with van der Waals surface area (Å²) in [5.74, 6) is 0.508. The monoisotopic (exact) mass is 375 g/mol. The van der Waals surface area contributed by atoms with E-state index >= 15 is 0 Å². The van der Waals surface area contributed by atoms with E-state index < -0.39 is 6.10 Å². The van der Waals surface area contributed by atoms with Gasteiger partial charge in [-0.1, -0.05) is 6.07 Å². The van der Waals surface area contributed by atoms with E-state index in [-0.39, 0.29) is 5.56 Å². The molecule has 4 aromatic rings. The Balaban J connectivity index is 1.89. The van der Waals surface area contributed by atoms with E-state index in [1.54, 1.807) is 31.0 Å². The van der Waals surface area contributed by atoms with Crippen molar-refractivity contribution in [3.63, 3.8) is 0 Å². The van der Waals surface area contributed by atoms with Gasteiger partial charge in [0, 0.05) is 43.2 Å². The second-order valence-corrected chi connectivity index (χ2v) is 7.06. The van der Waals surface area contributed by atoms with Crippen LogP contribution < -0.4 is 5.56 Å². The Morgan fingerprint density at radius 3 is 2.50 bits per heavy atom. The predicted molar refractivity (Wildman–Crippen MR) is 108 cm³/mol. The van der Waals surface area contributed by atoms with Crippen LogP contribution in [-0.2, 0) is 14.1 Å². The number of fused-ring (bicyclic) bond motifs is 1. The maximum atomic E-state index is 13.0. The van der Waals surface area contributed by atoms with Crippen LogP contribution in [0.2, 0.25) is 0 Å². The first-order chi connectivity index (χ1) is 13.3. The van der Waals surface area contributed by atoms with Gasteiger partial charge in [0.25, 0.3) is 5.56 Å². The Morgan fingerprint density at radius 1 is 1.11 bits per heavy atom. The fourth-order valence-electron chi connectivity index (χ4n) is 3.38. The summed E-state index contributed by atoms with van der Waals surface area (Å²) in [5.41, 5.74) is 4.37. The van der Waals surface area contributed by atoms with Crippen LogP contribution in [0.5, 0.6) is 0 Å². The van der Waals surface area contributed by atoms with Crippen molar-refractivity contribution < 1.29 is 5.11 Å². The van der Waals surface area contributed by atoms with Crippen molar-refractivity contribution >= 4 is 10.9 Å². The van der Waals surface area contributed by atoms with Crippen LogP contribution in [0.1, 0.15) is 24.2 Å². The summed E-state index contributed by atoms with van der Waals surface area (Å²) >= 11 is 0. The molecule has 4 rings (SSSR count). The number of aromatic nitrogens is 5. The standard InChI is InChI=1S/C21H21N5O2/c1-12-7-16(13(2)27)19-17(8-12)21(28)26(4)20(24-19)14-5-6-18(22-9-14)15-10-23-25(3)11-15/h5-11,13,27H,1-4H3. The fourth-order valence-corrected chi connectivity index (χ4v) is 3.38. The third-order valence-electron chi connectivity index (χ3n) is 4.83. The van der Waals surface area contributed by atoms with E-state index in [0.29, 0.717) is 22.3 Å². The number of benzene rings is 1. The van der Waals surface area contributed by atoms with E-state index in [2.05, 4.69) is 10.1 Å². The molecule has 3 heterocycles. The molecular formula is C21H21N5O2. The van der Waals surface area contributed by atoms with Gasteiger partial charge < -0.3 is 5.11 Å². The first kappa shape index (κ1) is 18.1. The number of rotatable bonds is 3. The van der Waals surface area contributed by atoms with Gasteiger partial charge >= 0.3 is 0 Å². The third kappa shape index (κ3) is 2.99. The van der Waals surface area contributed by atoms with Crippen molar-refractivity contribution in [2.75, 3.05) is 0 Å². The van der Waals surface area contributed by atoms with Gasteiger partial charge in [0.15, 0.2) is 0 Å². The molecule has 7 nitrogen and oxygen atoms in total. The molecule has 0 bridgehead atoms. The van der Waals surface area contributed by atoms with Gasteiger partial charge in [-0.25, -0.2) is 4.98 Å². The van der Waals surface area contributed by atoms with Gasteiger partial charge in [0.2, 0.25) is 0 Å². The third-order valence-corrected chi connectivity index (χ3v) is 4.83. The van der Waals surface area contributed by atoms with Crippen molar-refractivity contribution in [1.29, 1.82) is 0 Å². The second kappa shape index (κ2) is 6.69. The van der Waals surface area contributed by atoms with Crippen molar-refractivity contribution in [1.82, 2.24) is 24.3 Å². The Kier molecular flexibility index (Phi) is 4.31. The Morgan fingerprint density at radius 2 is 1.89 bits per heavy atom. The van der Waals surface area contributed by atoms with Gasteiger partial charge in [-0.2, -0.15) is 5.10 Å². The highest BCUT2D eigenvalue weighted by atomic mass is 16.3. The lowest BCUT2D eigenvalue weighted by molar-refractivity contribution is 0.200. The molecule has 3 aromatic heterocycles. The number of hydrogen-bond acceptors (Lipinski definition) is 5. The molecule has 1 atom stereocenters. The first-order valence-electron chi connectivity index (χ1n) is 9.00. The van der Waals surface area contributed by atoms with E-state index in [4.69, 9.17) is 4.98 Å². The summed E-state index contributed by atoms with van der Waals surface area (Å²) in [6.07, 6.45) is 4.62. The Hall–Kier alpha value is -3.32. The molecule has 1 N–H and O–H groups in total. The molecule has 142 valence electrons. The van der Waals surface area contributed by atoms with E-state index in [0.717, 1.165) is 22.4 Å². The van der Waals surface area contributed by atoms with Crippen LogP contribution in [0, 0.1) is 6.92 Å². The van der Waals surface area contributed by atoms with Crippen LogP contribution in [0.25, 0.3) is 33.5 Å². The predicted octanol–water partition coefficient (Wildman–Crippen LogP) is 2.76. The zero-order chi connectivity index (χ0) is 20.0. The summed E-state index contributed by atoms with van der Waals surface area (Å²) in [7, 11) is 3.55. The van der Waals surface area contributed by atoms with Crippen molar-refractivity contribution in [3.05, 3.63) is 64.3 Å². The molecule has 0 spiro atoms. The first-order valence-corrected chi connectivity index (χ1v) is 9.00. The van der Waals surface area contributed by atoms with E-state index in [9.17, 15) is 9.90 Å². The number of hydrogen-bond donors (Lipinski definition) is 1. The molecule has 0 saturated heterocycles. The molecule has 28 heavy (non-hydrogen) atoms. The van der Waals surface area contributed by atoms with E-state index in [1.807, 2.05) is 44.4 Å².